The molecule has 0 spiro atoms. The molecule has 16 heavy (non-hydrogen) atoms. The number of carbonyl (C=O) groups excluding carboxylic acids is 1. The van der Waals surface area contributed by atoms with Crippen LogP contribution in [0.5, 0.6) is 0 Å². The molecular weight excluding hydrogens is 230 g/mol. The van der Waals surface area contributed by atoms with Crippen LogP contribution in [0.2, 0.25) is 0 Å². The topological polar surface area (TPSA) is 84.2 Å². The lowest BCUT2D eigenvalue weighted by atomic mass is 10.4. The third-order valence-corrected chi connectivity index (χ3v) is 2.66. The van der Waals surface area contributed by atoms with Crippen LogP contribution in [0, 0.1) is 6.92 Å². The number of hydrogen-bond donors (Lipinski definition) is 2. The first-order chi connectivity index (χ1) is 7.49. The largest absolute Gasteiger partial charge is 0.481 e. The van der Waals surface area contributed by atoms with Crippen molar-refractivity contribution in [2.24, 2.45) is 7.05 Å². The average molecular weight is 243 g/mol. The van der Waals surface area contributed by atoms with Gasteiger partial charge in [0.2, 0.25) is 5.91 Å². The molecule has 0 fully saturated rings. The van der Waals surface area contributed by atoms with Gasteiger partial charge in [-0.1, -0.05) is 0 Å². The number of anilines is 1. The quantitative estimate of drug-likeness (QED) is 0.786. The van der Waals surface area contributed by atoms with E-state index in [0.717, 1.165) is 17.5 Å². The monoisotopic (exact) mass is 243 g/mol. The van der Waals surface area contributed by atoms with E-state index in [-0.39, 0.29) is 17.4 Å². The third-order valence-electron chi connectivity index (χ3n) is 1.75. The van der Waals surface area contributed by atoms with Gasteiger partial charge >= 0.3 is 5.97 Å². The zero-order valence-electron chi connectivity index (χ0n) is 9.06. The molecule has 1 amide bonds. The second kappa shape index (κ2) is 5.55. The molecule has 1 rings (SSSR count). The number of carbonyl (C=O) groups is 2. The molecule has 6 nitrogen and oxygen atoms in total. The number of aryl methyl sites for hydroxylation is 2. The lowest BCUT2D eigenvalue weighted by Gasteiger charge is -2.01. The second-order valence-electron chi connectivity index (χ2n) is 3.24. The maximum Gasteiger partial charge on any atom is 0.313 e. The SMILES string of the molecule is Cc1nn(C)cc1NC(=O)CSCC(=O)O. The number of thioether (sulfide) groups is 1. The fraction of sp³-hybridized carbons (Fsp3) is 0.444. The zero-order chi connectivity index (χ0) is 12.1. The average Bonchev–Trinajstić information content (AvgIpc) is 2.44. The highest BCUT2D eigenvalue weighted by molar-refractivity contribution is 8.00. The number of amides is 1. The number of aliphatic carboxylic acids is 1. The highest BCUT2D eigenvalue weighted by Gasteiger charge is 2.08. The standard InChI is InChI=1S/C9H13N3O3S/c1-6-7(3-12(2)11-6)10-8(13)4-16-5-9(14)15/h3H,4-5H2,1-2H3,(H,10,13)(H,14,15). The van der Waals surface area contributed by atoms with Crippen molar-refractivity contribution in [2.75, 3.05) is 16.8 Å². The van der Waals surface area contributed by atoms with Gasteiger partial charge in [0.1, 0.15) is 0 Å². The van der Waals surface area contributed by atoms with Crippen LogP contribution in [0.15, 0.2) is 6.20 Å². The van der Waals surface area contributed by atoms with Gasteiger partial charge in [-0.15, -0.1) is 11.8 Å². The summed E-state index contributed by atoms with van der Waals surface area (Å²) in [6.45, 7) is 1.79. The number of nitrogens with one attached hydrogen (secondary N) is 1. The molecule has 2 N–H and O–H groups in total. The predicted molar refractivity (Wildman–Crippen MR) is 61.5 cm³/mol. The Hall–Kier alpha value is -1.50. The van der Waals surface area contributed by atoms with E-state index in [4.69, 9.17) is 5.11 Å². The van der Waals surface area contributed by atoms with Gasteiger partial charge in [-0.3, -0.25) is 14.3 Å². The molecule has 88 valence electrons. The molecule has 0 aliphatic rings. The first kappa shape index (κ1) is 12.6. The van der Waals surface area contributed by atoms with Crippen molar-refractivity contribution in [1.82, 2.24) is 9.78 Å². The van der Waals surface area contributed by atoms with Gasteiger partial charge in [0.05, 0.1) is 22.9 Å². The number of hydrogen-bond acceptors (Lipinski definition) is 4. The minimum absolute atomic E-state index is 0.0700. The minimum atomic E-state index is -0.921. The summed E-state index contributed by atoms with van der Waals surface area (Å²) in [5, 5.41) is 15.1. The summed E-state index contributed by atoms with van der Waals surface area (Å²) in [4.78, 5) is 21.6. The van der Waals surface area contributed by atoms with E-state index in [2.05, 4.69) is 10.4 Å². The first-order valence-corrected chi connectivity index (χ1v) is 5.74. The molecule has 0 saturated heterocycles. The summed E-state index contributed by atoms with van der Waals surface area (Å²) in [6, 6.07) is 0. The smallest absolute Gasteiger partial charge is 0.313 e. The molecule has 0 saturated carbocycles. The lowest BCUT2D eigenvalue weighted by molar-refractivity contribution is -0.133. The predicted octanol–water partition coefficient (Wildman–Crippen LogP) is 0.485. The number of carboxylic acid groups (broad SMARTS) is 1. The molecule has 7 heteroatoms. The van der Waals surface area contributed by atoms with Crippen LogP contribution in [-0.4, -0.2) is 38.3 Å². The molecule has 0 aliphatic heterocycles. The molecule has 0 aliphatic carbocycles. The molecule has 0 aromatic carbocycles. The Labute approximate surface area is 97.0 Å². The fourth-order valence-electron chi connectivity index (χ4n) is 1.14. The van der Waals surface area contributed by atoms with E-state index in [1.807, 2.05) is 0 Å². The van der Waals surface area contributed by atoms with Crippen molar-refractivity contribution in [1.29, 1.82) is 0 Å². The van der Waals surface area contributed by atoms with Gasteiger partial charge in [-0.05, 0) is 6.92 Å². The van der Waals surface area contributed by atoms with Crippen molar-refractivity contribution in [3.05, 3.63) is 11.9 Å². The van der Waals surface area contributed by atoms with Crippen LogP contribution in [-0.2, 0) is 16.6 Å². The van der Waals surface area contributed by atoms with Gasteiger partial charge in [0.15, 0.2) is 0 Å². The molecule has 1 aromatic rings. The van der Waals surface area contributed by atoms with Gasteiger partial charge in [0.25, 0.3) is 0 Å². The highest BCUT2D eigenvalue weighted by Crippen LogP contribution is 2.12. The molecular formula is C9H13N3O3S. The number of rotatable bonds is 5. The Morgan fingerprint density at radius 3 is 2.75 bits per heavy atom. The van der Waals surface area contributed by atoms with Crippen molar-refractivity contribution >= 4 is 29.3 Å². The summed E-state index contributed by atoms with van der Waals surface area (Å²) in [5.74, 6) is -1.09. The number of aromatic nitrogens is 2. The lowest BCUT2D eigenvalue weighted by Crippen LogP contribution is -2.15. The Bertz CT molecular complexity index is 403. The van der Waals surface area contributed by atoms with Gasteiger partial charge in [-0.2, -0.15) is 5.10 Å². The van der Waals surface area contributed by atoms with E-state index in [1.165, 1.54) is 0 Å². The Morgan fingerprint density at radius 2 is 2.25 bits per heavy atom. The van der Waals surface area contributed by atoms with Crippen LogP contribution < -0.4 is 5.32 Å². The summed E-state index contributed by atoms with van der Waals surface area (Å²) < 4.78 is 1.61. The molecule has 1 heterocycles. The Balaban J connectivity index is 2.40. The van der Waals surface area contributed by atoms with E-state index in [0.29, 0.717) is 5.69 Å². The summed E-state index contributed by atoms with van der Waals surface area (Å²) >= 11 is 1.06. The van der Waals surface area contributed by atoms with Gasteiger partial charge < -0.3 is 10.4 Å². The van der Waals surface area contributed by atoms with E-state index >= 15 is 0 Å². The first-order valence-electron chi connectivity index (χ1n) is 4.58. The maximum absolute atomic E-state index is 11.4. The summed E-state index contributed by atoms with van der Waals surface area (Å²) in [6.07, 6.45) is 1.70. The van der Waals surface area contributed by atoms with Crippen molar-refractivity contribution in [3.63, 3.8) is 0 Å². The zero-order valence-corrected chi connectivity index (χ0v) is 9.87. The van der Waals surface area contributed by atoms with Crippen LogP contribution >= 0.6 is 11.8 Å². The minimum Gasteiger partial charge on any atom is -0.481 e. The molecule has 0 unspecified atom stereocenters. The van der Waals surface area contributed by atoms with E-state index in [1.54, 1.807) is 24.9 Å². The summed E-state index contributed by atoms with van der Waals surface area (Å²) in [7, 11) is 1.77. The fourth-order valence-corrected chi connectivity index (χ4v) is 1.67. The molecule has 0 bridgehead atoms. The van der Waals surface area contributed by atoms with Gasteiger partial charge in [-0.25, -0.2) is 0 Å². The van der Waals surface area contributed by atoms with Crippen LogP contribution in [0.4, 0.5) is 5.69 Å². The van der Waals surface area contributed by atoms with Gasteiger partial charge in [0, 0.05) is 13.2 Å². The van der Waals surface area contributed by atoms with E-state index in [9.17, 15) is 9.59 Å². The summed E-state index contributed by atoms with van der Waals surface area (Å²) in [5.41, 5.74) is 1.39. The van der Waals surface area contributed by atoms with Crippen LogP contribution in [0.3, 0.4) is 0 Å². The molecule has 1 aromatic heterocycles. The van der Waals surface area contributed by atoms with E-state index < -0.39 is 5.97 Å². The van der Waals surface area contributed by atoms with Crippen molar-refractivity contribution in [3.8, 4) is 0 Å². The van der Waals surface area contributed by atoms with Crippen molar-refractivity contribution in [2.45, 2.75) is 6.92 Å². The van der Waals surface area contributed by atoms with Crippen LogP contribution in [0.25, 0.3) is 0 Å². The van der Waals surface area contributed by atoms with Crippen LogP contribution in [0.1, 0.15) is 5.69 Å². The number of carboxylic acids is 1. The Morgan fingerprint density at radius 1 is 1.56 bits per heavy atom. The molecule has 0 atom stereocenters. The third kappa shape index (κ3) is 3.93. The van der Waals surface area contributed by atoms with Crippen molar-refractivity contribution < 1.29 is 14.7 Å². The number of nitrogens with zero attached hydrogens (tertiary/aromatic N) is 2. The second-order valence-corrected chi connectivity index (χ2v) is 4.22. The Kier molecular flexibility index (Phi) is 4.36. The molecule has 0 radical (unpaired) electrons. The maximum atomic E-state index is 11.4. The highest BCUT2D eigenvalue weighted by atomic mass is 32.2. The normalized spacial score (nSPS) is 10.1.